The number of carbonyl (C=O) groups is 3. The predicted molar refractivity (Wildman–Crippen MR) is 101 cm³/mol. The molecule has 3 heterocycles. The van der Waals surface area contributed by atoms with Crippen LogP contribution in [0.25, 0.3) is 11.3 Å². The van der Waals surface area contributed by atoms with Crippen molar-refractivity contribution >= 4 is 34.2 Å². The van der Waals surface area contributed by atoms with Gasteiger partial charge in [-0.15, -0.1) is 11.3 Å². The number of aromatic nitrogens is 1. The number of thiophene rings is 1. The Morgan fingerprint density at radius 3 is 2.61 bits per heavy atom. The van der Waals surface area contributed by atoms with Gasteiger partial charge in [0, 0.05) is 23.3 Å². The van der Waals surface area contributed by atoms with Crippen LogP contribution in [0.5, 0.6) is 0 Å². The maximum atomic E-state index is 12.4. The summed E-state index contributed by atoms with van der Waals surface area (Å²) in [5, 5.41) is 4.56. The predicted octanol–water partition coefficient (Wildman–Crippen LogP) is 3.38. The first kappa shape index (κ1) is 19.3. The molecular formula is C19H16N2O6S. The van der Waals surface area contributed by atoms with E-state index in [9.17, 15) is 14.4 Å². The fourth-order valence-electron chi connectivity index (χ4n) is 2.33. The number of furan rings is 1. The van der Waals surface area contributed by atoms with Crippen LogP contribution in [0.15, 0.2) is 52.7 Å². The highest BCUT2D eigenvalue weighted by atomic mass is 32.1. The van der Waals surface area contributed by atoms with Gasteiger partial charge < -0.3 is 19.2 Å². The fourth-order valence-corrected chi connectivity index (χ4v) is 3.29. The second kappa shape index (κ2) is 8.96. The fraction of sp³-hybridized carbons (Fsp3) is 0.158. The molecule has 0 atom stereocenters. The van der Waals surface area contributed by atoms with Crippen LogP contribution in [-0.2, 0) is 14.3 Å². The van der Waals surface area contributed by atoms with E-state index in [4.69, 9.17) is 13.9 Å². The first-order valence-electron chi connectivity index (χ1n) is 8.29. The van der Waals surface area contributed by atoms with Crippen molar-refractivity contribution in [2.75, 3.05) is 18.5 Å². The van der Waals surface area contributed by atoms with E-state index in [-0.39, 0.29) is 22.7 Å². The number of ether oxygens (including phenoxy) is 2. The summed E-state index contributed by atoms with van der Waals surface area (Å²) in [6.45, 7) is 1.37. The summed E-state index contributed by atoms with van der Waals surface area (Å²) in [6, 6.07) is 6.35. The third-order valence-electron chi connectivity index (χ3n) is 3.56. The van der Waals surface area contributed by atoms with Gasteiger partial charge in [-0.1, -0.05) is 0 Å². The molecule has 3 aromatic heterocycles. The number of hydrogen-bond donors (Lipinski definition) is 1. The van der Waals surface area contributed by atoms with Crippen LogP contribution in [0.1, 0.15) is 27.6 Å². The quantitative estimate of drug-likeness (QED) is 0.606. The summed E-state index contributed by atoms with van der Waals surface area (Å²) in [5.41, 5.74) is 0.986. The Kier molecular flexibility index (Phi) is 6.18. The molecule has 1 N–H and O–H groups in total. The lowest BCUT2D eigenvalue weighted by Crippen LogP contribution is -2.21. The molecule has 0 aliphatic rings. The van der Waals surface area contributed by atoms with Crippen LogP contribution in [0.2, 0.25) is 0 Å². The van der Waals surface area contributed by atoms with Crippen LogP contribution < -0.4 is 5.32 Å². The number of nitrogens with one attached hydrogen (secondary N) is 1. The lowest BCUT2D eigenvalue weighted by Gasteiger charge is -2.08. The molecule has 3 aromatic rings. The minimum atomic E-state index is -0.648. The van der Waals surface area contributed by atoms with E-state index in [1.54, 1.807) is 24.4 Å². The molecule has 0 aliphatic heterocycles. The first-order chi connectivity index (χ1) is 13.6. The van der Waals surface area contributed by atoms with Gasteiger partial charge in [-0.25, -0.2) is 9.59 Å². The normalized spacial score (nSPS) is 10.3. The molecule has 0 fully saturated rings. The van der Waals surface area contributed by atoms with Gasteiger partial charge in [-0.3, -0.25) is 9.78 Å². The van der Waals surface area contributed by atoms with Crippen molar-refractivity contribution in [2.45, 2.75) is 6.92 Å². The topological polar surface area (TPSA) is 108 Å². The van der Waals surface area contributed by atoms with Gasteiger partial charge in [0.2, 0.25) is 0 Å². The lowest BCUT2D eigenvalue weighted by atomic mass is 10.1. The molecule has 0 saturated carbocycles. The number of nitrogens with zero attached hydrogens (tertiary/aromatic N) is 1. The third kappa shape index (κ3) is 4.44. The Bertz CT molecular complexity index is 966. The molecule has 0 aliphatic carbocycles. The molecule has 9 heteroatoms. The summed E-state index contributed by atoms with van der Waals surface area (Å²) in [7, 11) is 0. The molecular weight excluding hydrogens is 384 g/mol. The Hall–Kier alpha value is -3.46. The molecule has 28 heavy (non-hydrogen) atoms. The van der Waals surface area contributed by atoms with Crippen LogP contribution >= 0.6 is 11.3 Å². The molecule has 0 bridgehead atoms. The van der Waals surface area contributed by atoms with Crippen LogP contribution in [-0.4, -0.2) is 36.0 Å². The molecule has 3 rings (SSSR count). The van der Waals surface area contributed by atoms with E-state index in [1.807, 2.05) is 0 Å². The largest absolute Gasteiger partial charge is 0.464 e. The van der Waals surface area contributed by atoms with Gasteiger partial charge in [0.25, 0.3) is 5.91 Å². The highest BCUT2D eigenvalue weighted by Gasteiger charge is 2.24. The van der Waals surface area contributed by atoms with Gasteiger partial charge >= 0.3 is 11.9 Å². The Balaban J connectivity index is 1.72. The molecule has 0 saturated heterocycles. The number of pyridine rings is 1. The average Bonchev–Trinajstić information content (AvgIpc) is 3.36. The summed E-state index contributed by atoms with van der Waals surface area (Å²) in [5.74, 6) is -1.34. The van der Waals surface area contributed by atoms with E-state index >= 15 is 0 Å². The maximum absolute atomic E-state index is 12.4. The van der Waals surface area contributed by atoms with Gasteiger partial charge in [0.15, 0.2) is 6.61 Å². The summed E-state index contributed by atoms with van der Waals surface area (Å²) in [4.78, 5) is 40.3. The molecule has 8 nitrogen and oxygen atoms in total. The number of esters is 2. The molecule has 144 valence electrons. The highest BCUT2D eigenvalue weighted by Crippen LogP contribution is 2.36. The summed E-state index contributed by atoms with van der Waals surface area (Å²) < 4.78 is 15.4. The SMILES string of the molecule is CCOC(=O)c1c(-c2ccco2)csc1NC(=O)COC(=O)c1ccncc1. The van der Waals surface area contributed by atoms with Crippen LogP contribution in [0.3, 0.4) is 0 Å². The molecule has 0 unspecified atom stereocenters. The molecule has 0 aromatic carbocycles. The second-order valence-corrected chi connectivity index (χ2v) is 6.29. The minimum absolute atomic E-state index is 0.184. The van der Waals surface area contributed by atoms with E-state index < -0.39 is 24.5 Å². The second-order valence-electron chi connectivity index (χ2n) is 5.41. The summed E-state index contributed by atoms with van der Waals surface area (Å²) >= 11 is 1.15. The van der Waals surface area contributed by atoms with Crippen molar-refractivity contribution in [2.24, 2.45) is 0 Å². The van der Waals surface area contributed by atoms with Crippen molar-refractivity contribution in [1.29, 1.82) is 0 Å². The Labute approximate surface area is 164 Å². The minimum Gasteiger partial charge on any atom is -0.464 e. The smallest absolute Gasteiger partial charge is 0.341 e. The maximum Gasteiger partial charge on any atom is 0.341 e. The number of rotatable bonds is 7. The van der Waals surface area contributed by atoms with Gasteiger partial charge in [0.05, 0.1) is 18.4 Å². The van der Waals surface area contributed by atoms with E-state index in [0.717, 1.165) is 11.3 Å². The average molecular weight is 400 g/mol. The monoisotopic (exact) mass is 400 g/mol. The number of carbonyl (C=O) groups excluding carboxylic acids is 3. The summed E-state index contributed by atoms with van der Waals surface area (Å²) in [6.07, 6.45) is 4.38. The Morgan fingerprint density at radius 2 is 1.93 bits per heavy atom. The zero-order chi connectivity index (χ0) is 19.9. The zero-order valence-electron chi connectivity index (χ0n) is 14.8. The number of amides is 1. The van der Waals surface area contributed by atoms with E-state index in [1.165, 1.54) is 30.8 Å². The number of hydrogen-bond acceptors (Lipinski definition) is 8. The molecule has 0 spiro atoms. The van der Waals surface area contributed by atoms with Gasteiger partial charge in [-0.2, -0.15) is 0 Å². The first-order valence-corrected chi connectivity index (χ1v) is 9.17. The lowest BCUT2D eigenvalue weighted by molar-refractivity contribution is -0.119. The Morgan fingerprint density at radius 1 is 1.14 bits per heavy atom. The standard InChI is InChI=1S/C19H16N2O6S/c1-2-25-19(24)16-13(14-4-3-9-26-14)11-28-17(16)21-15(22)10-27-18(23)12-5-7-20-8-6-12/h3-9,11H,2,10H2,1H3,(H,21,22). The van der Waals surface area contributed by atoms with Crippen molar-refractivity contribution < 1.29 is 28.3 Å². The van der Waals surface area contributed by atoms with Crippen LogP contribution in [0, 0.1) is 0 Å². The van der Waals surface area contributed by atoms with Crippen molar-refractivity contribution in [3.05, 3.63) is 59.4 Å². The zero-order valence-corrected chi connectivity index (χ0v) is 15.7. The van der Waals surface area contributed by atoms with Gasteiger partial charge in [0.1, 0.15) is 16.3 Å². The van der Waals surface area contributed by atoms with Crippen molar-refractivity contribution in [3.8, 4) is 11.3 Å². The third-order valence-corrected chi connectivity index (χ3v) is 4.46. The van der Waals surface area contributed by atoms with Crippen molar-refractivity contribution in [3.63, 3.8) is 0 Å². The van der Waals surface area contributed by atoms with Crippen LogP contribution in [0.4, 0.5) is 5.00 Å². The number of anilines is 1. The van der Waals surface area contributed by atoms with E-state index in [0.29, 0.717) is 11.3 Å². The molecule has 0 radical (unpaired) electrons. The molecule has 1 amide bonds. The van der Waals surface area contributed by atoms with E-state index in [2.05, 4.69) is 10.3 Å². The van der Waals surface area contributed by atoms with Gasteiger partial charge in [-0.05, 0) is 31.2 Å². The highest BCUT2D eigenvalue weighted by molar-refractivity contribution is 7.15. The van der Waals surface area contributed by atoms with Crippen molar-refractivity contribution in [1.82, 2.24) is 4.98 Å².